The summed E-state index contributed by atoms with van der Waals surface area (Å²) in [7, 11) is 0. The normalized spacial score (nSPS) is 22.5. The number of halogens is 1. The summed E-state index contributed by atoms with van der Waals surface area (Å²) in [4.78, 5) is 2.56. The van der Waals surface area contributed by atoms with E-state index in [0.717, 1.165) is 17.1 Å². The van der Waals surface area contributed by atoms with Gasteiger partial charge in [-0.2, -0.15) is 0 Å². The van der Waals surface area contributed by atoms with Gasteiger partial charge < -0.3 is 5.73 Å². The zero-order valence-corrected chi connectivity index (χ0v) is 13.0. The Labute approximate surface area is 127 Å². The number of likely N-dealkylation sites (tertiary alicyclic amines) is 1. The minimum absolute atomic E-state index is 0.562. The minimum Gasteiger partial charge on any atom is -0.326 e. The van der Waals surface area contributed by atoms with E-state index in [0.29, 0.717) is 12.0 Å². The second-order valence-corrected chi connectivity index (χ2v) is 7.02. The first kappa shape index (κ1) is 14.4. The average molecular weight is 293 g/mol. The van der Waals surface area contributed by atoms with Crippen molar-refractivity contribution < 1.29 is 0 Å². The predicted octanol–water partition coefficient (Wildman–Crippen LogP) is 3.95. The van der Waals surface area contributed by atoms with E-state index in [2.05, 4.69) is 17.0 Å². The van der Waals surface area contributed by atoms with E-state index in [-0.39, 0.29) is 0 Å². The van der Waals surface area contributed by atoms with Crippen LogP contribution in [0.1, 0.15) is 49.7 Å². The van der Waals surface area contributed by atoms with E-state index >= 15 is 0 Å². The molecule has 20 heavy (non-hydrogen) atoms. The molecule has 0 unspecified atom stereocenters. The number of piperidine rings is 1. The third-order valence-electron chi connectivity index (χ3n) is 5.33. The molecule has 1 heterocycles. The second-order valence-electron chi connectivity index (χ2n) is 6.61. The standard InChI is InChI=1S/C17H25ClN2/c18-16-11-14(12-19)3-4-15(16)13-20-9-7-17(8-10-20)5-1-2-6-17/h3-4,11H,1-2,5-10,12-13,19H2. The summed E-state index contributed by atoms with van der Waals surface area (Å²) in [6, 6.07) is 6.26. The molecule has 1 aliphatic heterocycles. The first-order valence-corrected chi connectivity index (χ1v) is 8.28. The van der Waals surface area contributed by atoms with Crippen LogP contribution in [0.15, 0.2) is 18.2 Å². The van der Waals surface area contributed by atoms with Gasteiger partial charge in [0.2, 0.25) is 0 Å². The Bertz CT molecular complexity index is 456. The van der Waals surface area contributed by atoms with Gasteiger partial charge in [-0.1, -0.05) is 36.6 Å². The summed E-state index contributed by atoms with van der Waals surface area (Å²) < 4.78 is 0. The highest BCUT2D eigenvalue weighted by molar-refractivity contribution is 6.31. The van der Waals surface area contributed by atoms with Gasteiger partial charge in [0.15, 0.2) is 0 Å². The molecule has 0 radical (unpaired) electrons. The van der Waals surface area contributed by atoms with Gasteiger partial charge >= 0.3 is 0 Å². The van der Waals surface area contributed by atoms with E-state index in [1.165, 1.54) is 57.2 Å². The van der Waals surface area contributed by atoms with Crippen LogP contribution < -0.4 is 5.73 Å². The number of nitrogens with zero attached hydrogens (tertiary/aromatic N) is 1. The maximum Gasteiger partial charge on any atom is 0.0454 e. The van der Waals surface area contributed by atoms with Crippen LogP contribution in [0, 0.1) is 5.41 Å². The molecular formula is C17H25ClN2. The molecule has 3 rings (SSSR count). The Hall–Kier alpha value is -0.570. The molecule has 2 N–H and O–H groups in total. The zero-order chi connectivity index (χ0) is 14.0. The van der Waals surface area contributed by atoms with Crippen LogP contribution in [-0.2, 0) is 13.1 Å². The lowest BCUT2D eigenvalue weighted by atomic mass is 9.77. The fourth-order valence-electron chi connectivity index (χ4n) is 3.90. The zero-order valence-electron chi connectivity index (χ0n) is 12.2. The maximum atomic E-state index is 6.37. The lowest BCUT2D eigenvalue weighted by Crippen LogP contribution is -2.38. The van der Waals surface area contributed by atoms with E-state index in [1.54, 1.807) is 0 Å². The molecule has 0 atom stereocenters. The molecule has 1 spiro atoms. The van der Waals surface area contributed by atoms with Crippen molar-refractivity contribution in [3.63, 3.8) is 0 Å². The Morgan fingerprint density at radius 3 is 2.40 bits per heavy atom. The molecule has 0 bridgehead atoms. The Morgan fingerprint density at radius 2 is 1.80 bits per heavy atom. The van der Waals surface area contributed by atoms with Crippen molar-refractivity contribution in [2.75, 3.05) is 13.1 Å². The summed E-state index contributed by atoms with van der Waals surface area (Å²) in [5.41, 5.74) is 8.70. The average Bonchev–Trinajstić information content (AvgIpc) is 2.92. The third-order valence-corrected chi connectivity index (χ3v) is 5.68. The molecule has 2 nitrogen and oxygen atoms in total. The molecule has 2 aliphatic rings. The van der Waals surface area contributed by atoms with Crippen LogP contribution in [0.4, 0.5) is 0 Å². The number of nitrogens with two attached hydrogens (primary N) is 1. The fourth-order valence-corrected chi connectivity index (χ4v) is 4.16. The Morgan fingerprint density at radius 1 is 1.10 bits per heavy atom. The topological polar surface area (TPSA) is 29.3 Å². The van der Waals surface area contributed by atoms with E-state index in [9.17, 15) is 0 Å². The lowest BCUT2D eigenvalue weighted by molar-refractivity contribution is 0.103. The molecule has 1 aromatic carbocycles. The van der Waals surface area contributed by atoms with Crippen LogP contribution in [-0.4, -0.2) is 18.0 Å². The first-order valence-electron chi connectivity index (χ1n) is 7.91. The smallest absolute Gasteiger partial charge is 0.0454 e. The molecular weight excluding hydrogens is 268 g/mol. The summed E-state index contributed by atoms with van der Waals surface area (Å²) in [6.45, 7) is 4.01. The molecule has 0 aromatic heterocycles. The number of rotatable bonds is 3. The molecule has 2 fully saturated rings. The lowest BCUT2D eigenvalue weighted by Gasteiger charge is -2.39. The van der Waals surface area contributed by atoms with Gasteiger partial charge in [0.05, 0.1) is 0 Å². The van der Waals surface area contributed by atoms with Crippen molar-refractivity contribution in [2.45, 2.75) is 51.6 Å². The fraction of sp³-hybridized carbons (Fsp3) is 0.647. The Kier molecular flexibility index (Phi) is 4.34. The summed E-state index contributed by atoms with van der Waals surface area (Å²) in [6.07, 6.45) is 8.59. The van der Waals surface area contributed by atoms with Crippen molar-refractivity contribution in [3.8, 4) is 0 Å². The van der Waals surface area contributed by atoms with Crippen LogP contribution in [0.2, 0.25) is 5.02 Å². The van der Waals surface area contributed by atoms with E-state index in [4.69, 9.17) is 17.3 Å². The Balaban J connectivity index is 1.59. The molecule has 1 aromatic rings. The van der Waals surface area contributed by atoms with Gasteiger partial charge in [0.1, 0.15) is 0 Å². The molecule has 3 heteroatoms. The van der Waals surface area contributed by atoms with Crippen molar-refractivity contribution in [1.29, 1.82) is 0 Å². The molecule has 1 aliphatic carbocycles. The largest absolute Gasteiger partial charge is 0.326 e. The van der Waals surface area contributed by atoms with Gasteiger partial charge in [0.25, 0.3) is 0 Å². The second kappa shape index (κ2) is 6.05. The van der Waals surface area contributed by atoms with Crippen LogP contribution in [0.3, 0.4) is 0 Å². The van der Waals surface area contributed by atoms with Crippen LogP contribution >= 0.6 is 11.6 Å². The number of benzene rings is 1. The van der Waals surface area contributed by atoms with Crippen molar-refractivity contribution in [2.24, 2.45) is 11.1 Å². The minimum atomic E-state index is 0.562. The highest BCUT2D eigenvalue weighted by Gasteiger charge is 2.36. The van der Waals surface area contributed by atoms with Gasteiger partial charge in [-0.3, -0.25) is 4.90 Å². The third kappa shape index (κ3) is 3.03. The SMILES string of the molecule is NCc1ccc(CN2CCC3(CCCC3)CC2)c(Cl)c1. The van der Waals surface area contributed by atoms with Gasteiger partial charge in [0, 0.05) is 18.1 Å². The molecule has 1 saturated carbocycles. The van der Waals surface area contributed by atoms with Gasteiger partial charge in [-0.25, -0.2) is 0 Å². The van der Waals surface area contributed by atoms with Gasteiger partial charge in [-0.05, 0) is 61.4 Å². The van der Waals surface area contributed by atoms with Crippen molar-refractivity contribution in [3.05, 3.63) is 34.3 Å². The number of hydrogen-bond acceptors (Lipinski definition) is 2. The number of hydrogen-bond donors (Lipinski definition) is 1. The van der Waals surface area contributed by atoms with Crippen molar-refractivity contribution >= 4 is 11.6 Å². The van der Waals surface area contributed by atoms with Crippen LogP contribution in [0.25, 0.3) is 0 Å². The van der Waals surface area contributed by atoms with E-state index in [1.807, 2.05) is 6.07 Å². The highest BCUT2D eigenvalue weighted by atomic mass is 35.5. The quantitative estimate of drug-likeness (QED) is 0.914. The van der Waals surface area contributed by atoms with E-state index < -0.39 is 0 Å². The molecule has 110 valence electrons. The van der Waals surface area contributed by atoms with Gasteiger partial charge in [-0.15, -0.1) is 0 Å². The monoisotopic (exact) mass is 292 g/mol. The summed E-state index contributed by atoms with van der Waals surface area (Å²) >= 11 is 6.37. The summed E-state index contributed by atoms with van der Waals surface area (Å²) in [5.74, 6) is 0. The highest BCUT2D eigenvalue weighted by Crippen LogP contribution is 2.46. The van der Waals surface area contributed by atoms with Crippen LogP contribution in [0.5, 0.6) is 0 Å². The molecule has 1 saturated heterocycles. The predicted molar refractivity (Wildman–Crippen MR) is 84.8 cm³/mol. The van der Waals surface area contributed by atoms with Crippen molar-refractivity contribution in [1.82, 2.24) is 4.90 Å². The maximum absolute atomic E-state index is 6.37. The molecule has 0 amide bonds. The summed E-state index contributed by atoms with van der Waals surface area (Å²) in [5, 5.41) is 0.870. The first-order chi connectivity index (χ1) is 9.71.